The molecule has 26 heavy (non-hydrogen) atoms. The molecule has 0 saturated carbocycles. The van der Waals surface area contributed by atoms with E-state index in [1.54, 1.807) is 11.0 Å². The first-order chi connectivity index (χ1) is 12.5. The lowest BCUT2D eigenvalue weighted by Crippen LogP contribution is -2.37. The molecule has 0 bridgehead atoms. The normalized spacial score (nSPS) is 13.2. The van der Waals surface area contributed by atoms with E-state index in [0.717, 1.165) is 29.7 Å². The first-order valence-corrected chi connectivity index (χ1v) is 9.71. The van der Waals surface area contributed by atoms with Gasteiger partial charge in [0.2, 0.25) is 11.8 Å². The van der Waals surface area contributed by atoms with Crippen LogP contribution in [0.3, 0.4) is 0 Å². The maximum atomic E-state index is 13.5. The van der Waals surface area contributed by atoms with E-state index in [4.69, 9.17) is 0 Å². The quantitative estimate of drug-likeness (QED) is 0.869. The summed E-state index contributed by atoms with van der Waals surface area (Å²) in [6.07, 6.45) is 1.72. The number of thioether (sulfide) groups is 1. The van der Waals surface area contributed by atoms with Crippen LogP contribution in [0.5, 0.6) is 0 Å². The highest BCUT2D eigenvalue weighted by Crippen LogP contribution is 2.28. The molecule has 0 atom stereocenters. The van der Waals surface area contributed by atoms with Crippen molar-refractivity contribution in [3.63, 3.8) is 0 Å². The van der Waals surface area contributed by atoms with Crippen molar-refractivity contribution >= 4 is 35.0 Å². The Balaban J connectivity index is 1.51. The van der Waals surface area contributed by atoms with Crippen molar-refractivity contribution in [2.75, 3.05) is 28.3 Å². The van der Waals surface area contributed by atoms with Crippen LogP contribution in [0, 0.1) is 12.7 Å². The zero-order valence-electron chi connectivity index (χ0n) is 14.6. The molecule has 1 aliphatic rings. The summed E-state index contributed by atoms with van der Waals surface area (Å²) in [5, 5.41) is 2.81. The Morgan fingerprint density at radius 2 is 1.92 bits per heavy atom. The van der Waals surface area contributed by atoms with E-state index in [1.807, 2.05) is 31.2 Å². The molecule has 2 aromatic carbocycles. The molecule has 0 spiro atoms. The molecule has 1 aliphatic heterocycles. The first-order valence-electron chi connectivity index (χ1n) is 8.56. The van der Waals surface area contributed by atoms with Gasteiger partial charge in [-0.05, 0) is 49.6 Å². The number of amides is 2. The van der Waals surface area contributed by atoms with Gasteiger partial charge in [0.25, 0.3) is 0 Å². The molecule has 0 radical (unpaired) electrons. The van der Waals surface area contributed by atoms with Gasteiger partial charge in [-0.3, -0.25) is 9.59 Å². The molecular weight excluding hydrogens is 351 g/mol. The molecule has 2 amide bonds. The zero-order valence-corrected chi connectivity index (χ0v) is 15.4. The van der Waals surface area contributed by atoms with E-state index in [9.17, 15) is 14.0 Å². The van der Waals surface area contributed by atoms with Crippen molar-refractivity contribution in [2.24, 2.45) is 0 Å². The minimum atomic E-state index is -0.339. The summed E-state index contributed by atoms with van der Waals surface area (Å²) in [4.78, 5) is 26.1. The number of carbonyl (C=O) groups excluding carboxylic acids is 2. The van der Waals surface area contributed by atoms with Gasteiger partial charge >= 0.3 is 0 Å². The summed E-state index contributed by atoms with van der Waals surface area (Å²) in [6.45, 7) is 2.57. The lowest BCUT2D eigenvalue weighted by Gasteiger charge is -2.29. The highest BCUT2D eigenvalue weighted by atomic mass is 32.2. The molecule has 0 unspecified atom stereocenters. The lowest BCUT2D eigenvalue weighted by molar-refractivity contribution is -0.116. The van der Waals surface area contributed by atoms with Crippen LogP contribution in [0.4, 0.5) is 15.8 Å². The molecule has 0 fully saturated rings. The SMILES string of the molecule is Cc1ccc(NC(=O)CSCC(=O)N2CCCc3ccc(F)cc32)cc1. The Kier molecular flexibility index (Phi) is 5.93. The summed E-state index contributed by atoms with van der Waals surface area (Å²) in [5.74, 6) is -0.184. The summed E-state index contributed by atoms with van der Waals surface area (Å²) < 4.78 is 13.5. The second-order valence-electron chi connectivity index (χ2n) is 6.33. The molecule has 6 heteroatoms. The molecule has 136 valence electrons. The van der Waals surface area contributed by atoms with Gasteiger partial charge in [-0.15, -0.1) is 11.8 Å². The Hall–Kier alpha value is -2.34. The van der Waals surface area contributed by atoms with Crippen LogP contribution in [0.25, 0.3) is 0 Å². The molecule has 0 saturated heterocycles. The third-order valence-corrected chi connectivity index (χ3v) is 5.18. The highest BCUT2D eigenvalue weighted by molar-refractivity contribution is 8.00. The van der Waals surface area contributed by atoms with Gasteiger partial charge in [0, 0.05) is 17.9 Å². The Labute approximate surface area is 156 Å². The number of nitrogens with zero attached hydrogens (tertiary/aromatic N) is 1. The monoisotopic (exact) mass is 372 g/mol. The van der Waals surface area contributed by atoms with E-state index in [0.29, 0.717) is 12.2 Å². The topological polar surface area (TPSA) is 49.4 Å². The van der Waals surface area contributed by atoms with E-state index in [-0.39, 0.29) is 29.1 Å². The molecule has 3 rings (SSSR count). The van der Waals surface area contributed by atoms with Crippen molar-refractivity contribution in [3.8, 4) is 0 Å². The van der Waals surface area contributed by atoms with Gasteiger partial charge < -0.3 is 10.2 Å². The van der Waals surface area contributed by atoms with Crippen molar-refractivity contribution in [3.05, 3.63) is 59.4 Å². The summed E-state index contributed by atoms with van der Waals surface area (Å²) in [7, 11) is 0. The maximum absolute atomic E-state index is 13.5. The summed E-state index contributed by atoms with van der Waals surface area (Å²) in [6, 6.07) is 12.1. The zero-order chi connectivity index (χ0) is 18.5. The third kappa shape index (κ3) is 4.64. The number of carbonyl (C=O) groups is 2. The number of hydrogen-bond acceptors (Lipinski definition) is 3. The van der Waals surface area contributed by atoms with Crippen molar-refractivity contribution < 1.29 is 14.0 Å². The second-order valence-corrected chi connectivity index (χ2v) is 7.31. The van der Waals surface area contributed by atoms with Crippen LogP contribution < -0.4 is 10.2 Å². The lowest BCUT2D eigenvalue weighted by atomic mass is 10.0. The minimum absolute atomic E-state index is 0.0929. The van der Waals surface area contributed by atoms with Crippen LogP contribution in [0.1, 0.15) is 17.5 Å². The van der Waals surface area contributed by atoms with Crippen LogP contribution in [-0.4, -0.2) is 29.9 Å². The largest absolute Gasteiger partial charge is 0.325 e. The van der Waals surface area contributed by atoms with Gasteiger partial charge in [0.15, 0.2) is 0 Å². The number of anilines is 2. The summed E-state index contributed by atoms with van der Waals surface area (Å²) >= 11 is 1.27. The average Bonchev–Trinajstić information content (AvgIpc) is 2.63. The minimum Gasteiger partial charge on any atom is -0.325 e. The van der Waals surface area contributed by atoms with Gasteiger partial charge in [-0.25, -0.2) is 4.39 Å². The fraction of sp³-hybridized carbons (Fsp3) is 0.300. The molecule has 4 nitrogen and oxygen atoms in total. The molecule has 1 heterocycles. The number of halogens is 1. The predicted molar refractivity (Wildman–Crippen MR) is 104 cm³/mol. The maximum Gasteiger partial charge on any atom is 0.236 e. The van der Waals surface area contributed by atoms with Crippen LogP contribution in [0.15, 0.2) is 42.5 Å². The Bertz CT molecular complexity index is 808. The van der Waals surface area contributed by atoms with Gasteiger partial charge in [0.05, 0.1) is 11.5 Å². The summed E-state index contributed by atoms with van der Waals surface area (Å²) in [5.41, 5.74) is 3.52. The number of benzene rings is 2. The van der Waals surface area contributed by atoms with Gasteiger partial charge in [-0.1, -0.05) is 23.8 Å². The number of nitrogens with one attached hydrogen (secondary N) is 1. The number of fused-ring (bicyclic) bond motifs is 1. The number of aryl methyl sites for hydroxylation is 2. The number of rotatable bonds is 5. The van der Waals surface area contributed by atoms with Crippen LogP contribution in [0.2, 0.25) is 0 Å². The van der Waals surface area contributed by atoms with Crippen molar-refractivity contribution in [1.82, 2.24) is 0 Å². The third-order valence-electron chi connectivity index (χ3n) is 4.26. The predicted octanol–water partition coefficient (Wildman–Crippen LogP) is 3.79. The smallest absolute Gasteiger partial charge is 0.236 e. The Morgan fingerprint density at radius 1 is 1.15 bits per heavy atom. The molecular formula is C20H21FN2O2S. The van der Waals surface area contributed by atoms with E-state index in [1.165, 1.54) is 23.9 Å². The van der Waals surface area contributed by atoms with Gasteiger partial charge in [-0.2, -0.15) is 0 Å². The fourth-order valence-corrected chi connectivity index (χ4v) is 3.64. The molecule has 1 N–H and O–H groups in total. The van der Waals surface area contributed by atoms with E-state index < -0.39 is 0 Å². The van der Waals surface area contributed by atoms with E-state index >= 15 is 0 Å². The van der Waals surface area contributed by atoms with Crippen molar-refractivity contribution in [1.29, 1.82) is 0 Å². The van der Waals surface area contributed by atoms with E-state index in [2.05, 4.69) is 5.32 Å². The van der Waals surface area contributed by atoms with Crippen molar-refractivity contribution in [2.45, 2.75) is 19.8 Å². The molecule has 0 aliphatic carbocycles. The average molecular weight is 372 g/mol. The highest BCUT2D eigenvalue weighted by Gasteiger charge is 2.23. The van der Waals surface area contributed by atoms with Gasteiger partial charge in [0.1, 0.15) is 5.82 Å². The van der Waals surface area contributed by atoms with Crippen LogP contribution >= 0.6 is 11.8 Å². The second kappa shape index (κ2) is 8.36. The van der Waals surface area contributed by atoms with Crippen LogP contribution in [-0.2, 0) is 16.0 Å². The standard InChI is InChI=1S/C20H21FN2O2S/c1-14-4-8-17(9-5-14)22-19(24)12-26-13-20(25)23-10-2-3-15-6-7-16(21)11-18(15)23/h4-9,11H,2-3,10,12-13H2,1H3,(H,22,24). The first kappa shape index (κ1) is 18.5. The molecule has 2 aromatic rings. The fourth-order valence-electron chi connectivity index (χ4n) is 2.95. The molecule has 0 aromatic heterocycles. The Morgan fingerprint density at radius 3 is 2.69 bits per heavy atom. The number of hydrogen-bond donors (Lipinski definition) is 1.